The fourth-order valence-electron chi connectivity index (χ4n) is 2.80. The molecule has 0 saturated heterocycles. The first-order valence-corrected chi connectivity index (χ1v) is 8.70. The highest BCUT2D eigenvalue weighted by Gasteiger charge is 2.16. The number of aliphatic imine (C=N–C) groups is 1. The van der Waals surface area contributed by atoms with Crippen molar-refractivity contribution >= 4 is 5.96 Å². The van der Waals surface area contributed by atoms with Crippen LogP contribution in [0, 0.1) is 0 Å². The van der Waals surface area contributed by atoms with E-state index in [0.717, 1.165) is 37.1 Å². The Kier molecular flexibility index (Phi) is 6.68. The Morgan fingerprint density at radius 2 is 2.18 bits per heavy atom. The van der Waals surface area contributed by atoms with Crippen LogP contribution in [-0.4, -0.2) is 33.3 Å². The monoisotopic (exact) mass is 306 g/mol. The molecule has 1 unspecified atom stereocenters. The number of rotatable bonds is 8. The molecule has 1 aromatic heterocycles. The normalized spacial score (nSPS) is 15.7. The van der Waals surface area contributed by atoms with E-state index < -0.39 is 0 Å². The summed E-state index contributed by atoms with van der Waals surface area (Å²) in [4.78, 5) is 4.67. The lowest BCUT2D eigenvalue weighted by Crippen LogP contribution is -2.42. The summed E-state index contributed by atoms with van der Waals surface area (Å²) in [5.41, 5.74) is 0. The molecule has 2 heterocycles. The number of aromatic nitrogens is 3. The van der Waals surface area contributed by atoms with Gasteiger partial charge in [-0.15, -0.1) is 10.2 Å². The minimum atomic E-state index is 0.438. The number of hydrogen-bond donors (Lipinski definition) is 2. The summed E-state index contributed by atoms with van der Waals surface area (Å²) in [7, 11) is 0. The molecule has 0 bridgehead atoms. The Labute approximate surface area is 133 Å². The van der Waals surface area contributed by atoms with Crippen LogP contribution in [0.25, 0.3) is 0 Å². The molecule has 6 heteroatoms. The summed E-state index contributed by atoms with van der Waals surface area (Å²) >= 11 is 0. The van der Waals surface area contributed by atoms with Crippen molar-refractivity contribution in [3.63, 3.8) is 0 Å². The maximum absolute atomic E-state index is 4.67. The van der Waals surface area contributed by atoms with Crippen LogP contribution in [0.2, 0.25) is 0 Å². The van der Waals surface area contributed by atoms with E-state index in [2.05, 4.69) is 51.2 Å². The molecule has 0 fully saturated rings. The average Bonchev–Trinajstić information content (AvgIpc) is 3.09. The van der Waals surface area contributed by atoms with Crippen molar-refractivity contribution in [2.45, 2.75) is 78.4 Å². The highest BCUT2D eigenvalue weighted by Crippen LogP contribution is 2.14. The third-order valence-corrected chi connectivity index (χ3v) is 4.03. The molecule has 124 valence electrons. The molecular formula is C16H30N6. The van der Waals surface area contributed by atoms with Gasteiger partial charge in [0, 0.05) is 25.6 Å². The third kappa shape index (κ3) is 4.71. The van der Waals surface area contributed by atoms with E-state index >= 15 is 0 Å². The Hall–Kier alpha value is -1.59. The second kappa shape index (κ2) is 8.76. The molecule has 1 atom stereocenters. The summed E-state index contributed by atoms with van der Waals surface area (Å²) in [5, 5.41) is 15.3. The fraction of sp³-hybridized carbons (Fsp3) is 0.812. The summed E-state index contributed by atoms with van der Waals surface area (Å²) in [6, 6.07) is 0.438. The number of hydrogen-bond acceptors (Lipinski definition) is 3. The van der Waals surface area contributed by atoms with E-state index in [1.165, 1.54) is 32.1 Å². The van der Waals surface area contributed by atoms with Crippen molar-refractivity contribution in [3.05, 3.63) is 11.6 Å². The number of fused-ring (bicyclic) bond motifs is 1. The lowest BCUT2D eigenvalue weighted by Gasteiger charge is -2.17. The second-order valence-electron chi connectivity index (χ2n) is 6.02. The van der Waals surface area contributed by atoms with Crippen LogP contribution in [0.4, 0.5) is 0 Å². The summed E-state index contributed by atoms with van der Waals surface area (Å²) in [6.45, 7) is 9.03. The molecule has 0 amide bonds. The summed E-state index contributed by atoms with van der Waals surface area (Å²) in [5.74, 6) is 2.96. The van der Waals surface area contributed by atoms with Gasteiger partial charge in [0.25, 0.3) is 0 Å². The number of unbranched alkanes of at least 4 members (excludes halogenated alkanes) is 2. The van der Waals surface area contributed by atoms with Crippen molar-refractivity contribution in [3.8, 4) is 0 Å². The highest BCUT2D eigenvalue weighted by atomic mass is 15.3. The molecule has 2 rings (SSSR count). The molecule has 22 heavy (non-hydrogen) atoms. The van der Waals surface area contributed by atoms with Crippen LogP contribution in [0.3, 0.4) is 0 Å². The Bertz CT molecular complexity index is 479. The Balaban J connectivity index is 1.89. The molecule has 2 N–H and O–H groups in total. The van der Waals surface area contributed by atoms with Crippen LogP contribution in [0.5, 0.6) is 0 Å². The molecule has 1 aliphatic rings. The fourth-order valence-corrected chi connectivity index (χ4v) is 2.80. The first-order chi connectivity index (χ1) is 10.7. The maximum atomic E-state index is 4.67. The van der Waals surface area contributed by atoms with E-state index in [0.29, 0.717) is 12.6 Å². The lowest BCUT2D eigenvalue weighted by molar-refractivity contribution is 0.546. The zero-order valence-corrected chi connectivity index (χ0v) is 14.2. The van der Waals surface area contributed by atoms with Gasteiger partial charge in [0.1, 0.15) is 12.4 Å². The van der Waals surface area contributed by atoms with Gasteiger partial charge >= 0.3 is 0 Å². The largest absolute Gasteiger partial charge is 0.357 e. The third-order valence-electron chi connectivity index (χ3n) is 4.03. The van der Waals surface area contributed by atoms with Crippen LogP contribution in [-0.2, 0) is 19.5 Å². The van der Waals surface area contributed by atoms with Gasteiger partial charge in [0.05, 0.1) is 0 Å². The van der Waals surface area contributed by atoms with Gasteiger partial charge in [0.15, 0.2) is 11.8 Å². The number of nitrogens with one attached hydrogen (secondary N) is 2. The predicted octanol–water partition coefficient (Wildman–Crippen LogP) is 2.25. The Morgan fingerprint density at radius 3 is 2.95 bits per heavy atom. The molecule has 1 aromatic rings. The molecule has 1 aliphatic heterocycles. The van der Waals surface area contributed by atoms with Gasteiger partial charge < -0.3 is 15.2 Å². The average molecular weight is 306 g/mol. The van der Waals surface area contributed by atoms with Crippen molar-refractivity contribution in [1.82, 2.24) is 25.4 Å². The minimum absolute atomic E-state index is 0.438. The highest BCUT2D eigenvalue weighted by molar-refractivity contribution is 5.79. The maximum Gasteiger partial charge on any atom is 0.191 e. The molecule has 0 saturated carbocycles. The van der Waals surface area contributed by atoms with E-state index in [4.69, 9.17) is 0 Å². The van der Waals surface area contributed by atoms with Gasteiger partial charge in [-0.2, -0.15) is 0 Å². The second-order valence-corrected chi connectivity index (χ2v) is 6.02. The first-order valence-electron chi connectivity index (χ1n) is 8.70. The van der Waals surface area contributed by atoms with Crippen LogP contribution >= 0.6 is 0 Å². The first kappa shape index (κ1) is 16.8. The van der Waals surface area contributed by atoms with E-state index in [1.807, 2.05) is 0 Å². The summed E-state index contributed by atoms with van der Waals surface area (Å²) < 4.78 is 2.21. The quantitative estimate of drug-likeness (QED) is 0.439. The van der Waals surface area contributed by atoms with Crippen LogP contribution < -0.4 is 10.6 Å². The van der Waals surface area contributed by atoms with E-state index in [-0.39, 0.29) is 0 Å². The van der Waals surface area contributed by atoms with Gasteiger partial charge in [-0.25, -0.2) is 4.99 Å². The lowest BCUT2D eigenvalue weighted by atomic mass is 10.1. The zero-order valence-electron chi connectivity index (χ0n) is 14.2. The number of guanidine groups is 1. The molecule has 0 aliphatic carbocycles. The Morgan fingerprint density at radius 1 is 1.32 bits per heavy atom. The number of nitrogens with zero attached hydrogens (tertiary/aromatic N) is 4. The van der Waals surface area contributed by atoms with Gasteiger partial charge in [-0.1, -0.05) is 26.2 Å². The smallest absolute Gasteiger partial charge is 0.191 e. The minimum Gasteiger partial charge on any atom is -0.357 e. The van der Waals surface area contributed by atoms with Crippen molar-refractivity contribution in [2.75, 3.05) is 6.54 Å². The van der Waals surface area contributed by atoms with Crippen molar-refractivity contribution in [2.24, 2.45) is 4.99 Å². The number of aryl methyl sites for hydroxylation is 1. The molecule has 0 radical (unpaired) electrons. The molecule has 0 aromatic carbocycles. The van der Waals surface area contributed by atoms with Crippen LogP contribution in [0.1, 0.15) is 64.5 Å². The predicted molar refractivity (Wildman–Crippen MR) is 89.9 cm³/mol. The van der Waals surface area contributed by atoms with Crippen molar-refractivity contribution in [1.29, 1.82) is 0 Å². The van der Waals surface area contributed by atoms with E-state index in [9.17, 15) is 0 Å². The zero-order chi connectivity index (χ0) is 15.8. The molecule has 6 nitrogen and oxygen atoms in total. The topological polar surface area (TPSA) is 67.1 Å². The SMILES string of the molecule is CCCCCC(C)NC(=NCc1nnc2n1CCC2)NCC. The van der Waals surface area contributed by atoms with E-state index in [1.54, 1.807) is 0 Å². The van der Waals surface area contributed by atoms with Gasteiger partial charge in [-0.3, -0.25) is 0 Å². The van der Waals surface area contributed by atoms with Crippen molar-refractivity contribution < 1.29 is 0 Å². The van der Waals surface area contributed by atoms with Crippen LogP contribution in [0.15, 0.2) is 4.99 Å². The molecule has 0 spiro atoms. The van der Waals surface area contributed by atoms with Gasteiger partial charge in [-0.05, 0) is 26.7 Å². The molecular weight excluding hydrogens is 276 g/mol. The summed E-state index contributed by atoms with van der Waals surface area (Å²) in [6.07, 6.45) is 7.22. The van der Waals surface area contributed by atoms with Gasteiger partial charge in [0.2, 0.25) is 0 Å². The standard InChI is InChI=1S/C16H30N6/c1-4-6-7-9-13(3)19-16(17-5-2)18-12-15-21-20-14-10-8-11-22(14)15/h13H,4-12H2,1-3H3,(H2,17,18,19).